The normalized spacial score (nSPS) is 16.6. The molecule has 1 fully saturated rings. The van der Waals surface area contributed by atoms with Gasteiger partial charge in [-0.2, -0.15) is 0 Å². The highest BCUT2D eigenvalue weighted by atomic mass is 16.3. The minimum Gasteiger partial charge on any atom is -0.395 e. The predicted molar refractivity (Wildman–Crippen MR) is 73.8 cm³/mol. The van der Waals surface area contributed by atoms with Crippen molar-refractivity contribution in [3.63, 3.8) is 0 Å². The van der Waals surface area contributed by atoms with Crippen LogP contribution in [0.2, 0.25) is 0 Å². The van der Waals surface area contributed by atoms with Crippen molar-refractivity contribution in [1.29, 1.82) is 0 Å². The van der Waals surface area contributed by atoms with Crippen LogP contribution in [-0.2, 0) is 0 Å². The van der Waals surface area contributed by atoms with E-state index in [1.54, 1.807) is 0 Å². The zero-order valence-electron chi connectivity index (χ0n) is 11.3. The fraction of sp³-hybridized carbons (Fsp3) is 0.643. The van der Waals surface area contributed by atoms with Gasteiger partial charge in [-0.15, -0.1) is 0 Å². The number of anilines is 1. The number of rotatable bonds is 7. The molecule has 4 heteroatoms. The van der Waals surface area contributed by atoms with E-state index in [0.29, 0.717) is 18.6 Å². The molecule has 1 atom stereocenters. The maximum atomic E-state index is 9.22. The maximum absolute atomic E-state index is 9.22. The van der Waals surface area contributed by atoms with Crippen LogP contribution >= 0.6 is 0 Å². The van der Waals surface area contributed by atoms with E-state index in [9.17, 15) is 5.11 Å². The number of aliphatic hydroxyl groups excluding tert-OH is 1. The van der Waals surface area contributed by atoms with Crippen LogP contribution in [0, 0.1) is 0 Å². The molecule has 0 spiro atoms. The summed E-state index contributed by atoms with van der Waals surface area (Å²) in [5, 5.41) is 12.7. The third-order valence-electron chi connectivity index (χ3n) is 3.39. The topological polar surface area (TPSA) is 48.4 Å². The molecule has 0 saturated heterocycles. The monoisotopic (exact) mass is 249 g/mol. The maximum Gasteiger partial charge on any atom is 0.133 e. The summed E-state index contributed by atoms with van der Waals surface area (Å²) in [5.41, 5.74) is 1.22. The van der Waals surface area contributed by atoms with Crippen molar-refractivity contribution < 1.29 is 5.11 Å². The Morgan fingerprint density at radius 2 is 2.33 bits per heavy atom. The highest BCUT2D eigenvalue weighted by Gasteiger charge is 2.31. The molecule has 2 N–H and O–H groups in total. The van der Waals surface area contributed by atoms with Gasteiger partial charge in [-0.1, -0.05) is 13.0 Å². The van der Waals surface area contributed by atoms with Crippen LogP contribution in [-0.4, -0.2) is 35.8 Å². The molecule has 0 bridgehead atoms. The minimum atomic E-state index is 0.183. The van der Waals surface area contributed by atoms with Gasteiger partial charge in [0, 0.05) is 30.4 Å². The molecule has 1 aromatic rings. The highest BCUT2D eigenvalue weighted by Crippen LogP contribution is 2.33. The van der Waals surface area contributed by atoms with E-state index >= 15 is 0 Å². The van der Waals surface area contributed by atoms with Crippen LogP contribution in [0.25, 0.3) is 0 Å². The zero-order chi connectivity index (χ0) is 13.0. The van der Waals surface area contributed by atoms with Crippen LogP contribution in [0.5, 0.6) is 0 Å². The lowest BCUT2D eigenvalue weighted by Gasteiger charge is -2.27. The number of aliphatic hydroxyl groups is 1. The SMILES string of the molecule is CCNC(C)c1cccnc1N(CCO)C1CC1. The van der Waals surface area contributed by atoms with Crippen molar-refractivity contribution in [2.24, 2.45) is 0 Å². The second kappa shape index (κ2) is 6.16. The Morgan fingerprint density at radius 1 is 1.56 bits per heavy atom. The summed E-state index contributed by atoms with van der Waals surface area (Å²) in [7, 11) is 0. The molecule has 2 rings (SSSR count). The lowest BCUT2D eigenvalue weighted by atomic mass is 10.1. The van der Waals surface area contributed by atoms with E-state index in [4.69, 9.17) is 0 Å². The Kier molecular flexibility index (Phi) is 4.55. The van der Waals surface area contributed by atoms with Crippen molar-refractivity contribution >= 4 is 5.82 Å². The third-order valence-corrected chi connectivity index (χ3v) is 3.39. The van der Waals surface area contributed by atoms with Crippen molar-refractivity contribution in [3.8, 4) is 0 Å². The molecule has 1 saturated carbocycles. The Hall–Kier alpha value is -1.13. The summed E-state index contributed by atoms with van der Waals surface area (Å²) in [6.45, 7) is 6.07. The fourth-order valence-corrected chi connectivity index (χ4v) is 2.36. The molecule has 1 heterocycles. The van der Waals surface area contributed by atoms with Crippen molar-refractivity contribution in [3.05, 3.63) is 23.9 Å². The number of nitrogens with one attached hydrogen (secondary N) is 1. The van der Waals surface area contributed by atoms with Crippen molar-refractivity contribution in [1.82, 2.24) is 10.3 Å². The van der Waals surface area contributed by atoms with Gasteiger partial charge in [0.2, 0.25) is 0 Å². The predicted octanol–water partition coefficient (Wildman–Crippen LogP) is 1.71. The smallest absolute Gasteiger partial charge is 0.133 e. The molecule has 4 nitrogen and oxygen atoms in total. The van der Waals surface area contributed by atoms with E-state index < -0.39 is 0 Å². The van der Waals surface area contributed by atoms with Gasteiger partial charge in [0.05, 0.1) is 6.61 Å². The van der Waals surface area contributed by atoms with Gasteiger partial charge in [-0.3, -0.25) is 0 Å². The average Bonchev–Trinajstić information content (AvgIpc) is 3.20. The van der Waals surface area contributed by atoms with Crippen LogP contribution in [0.15, 0.2) is 18.3 Å². The molecule has 1 aliphatic rings. The van der Waals surface area contributed by atoms with E-state index in [0.717, 1.165) is 12.4 Å². The molecule has 0 aliphatic heterocycles. The van der Waals surface area contributed by atoms with Crippen LogP contribution in [0.4, 0.5) is 5.82 Å². The molecule has 100 valence electrons. The first-order valence-corrected chi connectivity index (χ1v) is 6.83. The first-order valence-electron chi connectivity index (χ1n) is 6.83. The Bertz CT molecular complexity index is 379. The van der Waals surface area contributed by atoms with Crippen molar-refractivity contribution in [2.75, 3.05) is 24.6 Å². The summed E-state index contributed by atoms with van der Waals surface area (Å²) in [6, 6.07) is 4.97. The summed E-state index contributed by atoms with van der Waals surface area (Å²) < 4.78 is 0. The summed E-state index contributed by atoms with van der Waals surface area (Å²) in [4.78, 5) is 6.79. The molecule has 1 aromatic heterocycles. The van der Waals surface area contributed by atoms with Crippen molar-refractivity contribution in [2.45, 2.75) is 38.8 Å². The first-order chi connectivity index (χ1) is 8.77. The second-order valence-corrected chi connectivity index (χ2v) is 4.84. The quantitative estimate of drug-likeness (QED) is 0.772. The van der Waals surface area contributed by atoms with Gasteiger partial charge in [-0.25, -0.2) is 4.98 Å². The second-order valence-electron chi connectivity index (χ2n) is 4.84. The lowest BCUT2D eigenvalue weighted by molar-refractivity contribution is 0.301. The zero-order valence-corrected chi connectivity index (χ0v) is 11.3. The molecular weight excluding hydrogens is 226 g/mol. The van der Waals surface area contributed by atoms with Gasteiger partial charge in [0.1, 0.15) is 5.82 Å². The molecular formula is C14H23N3O. The Morgan fingerprint density at radius 3 is 2.94 bits per heavy atom. The fourth-order valence-electron chi connectivity index (χ4n) is 2.36. The summed E-state index contributed by atoms with van der Waals surface area (Å²) >= 11 is 0. The largest absolute Gasteiger partial charge is 0.395 e. The minimum absolute atomic E-state index is 0.183. The molecule has 0 radical (unpaired) electrons. The summed E-state index contributed by atoms with van der Waals surface area (Å²) in [6.07, 6.45) is 4.27. The molecule has 18 heavy (non-hydrogen) atoms. The number of pyridine rings is 1. The van der Waals surface area contributed by atoms with Crippen LogP contribution in [0.3, 0.4) is 0 Å². The van der Waals surface area contributed by atoms with Gasteiger partial charge < -0.3 is 15.3 Å². The van der Waals surface area contributed by atoms with Crippen LogP contribution < -0.4 is 10.2 Å². The van der Waals surface area contributed by atoms with E-state index in [1.165, 1.54) is 18.4 Å². The van der Waals surface area contributed by atoms with Gasteiger partial charge in [-0.05, 0) is 32.4 Å². The highest BCUT2D eigenvalue weighted by molar-refractivity contribution is 5.50. The molecule has 0 amide bonds. The van der Waals surface area contributed by atoms with E-state index in [-0.39, 0.29) is 6.61 Å². The van der Waals surface area contributed by atoms with E-state index in [2.05, 4.69) is 35.1 Å². The van der Waals surface area contributed by atoms with Crippen LogP contribution in [0.1, 0.15) is 38.3 Å². The Balaban J connectivity index is 2.24. The third kappa shape index (κ3) is 3.00. The molecule has 1 aliphatic carbocycles. The number of hydrogen-bond donors (Lipinski definition) is 2. The van der Waals surface area contributed by atoms with E-state index in [1.807, 2.05) is 12.3 Å². The Labute approximate surface area is 109 Å². The van der Waals surface area contributed by atoms with Gasteiger partial charge in [0.15, 0.2) is 0 Å². The molecule has 1 unspecified atom stereocenters. The number of nitrogens with zero attached hydrogens (tertiary/aromatic N) is 2. The average molecular weight is 249 g/mol. The standard InChI is InChI=1S/C14H23N3O/c1-3-15-11(2)13-5-4-8-16-14(13)17(9-10-18)12-6-7-12/h4-5,8,11-12,15,18H,3,6-7,9-10H2,1-2H3. The number of aromatic nitrogens is 1. The summed E-state index contributed by atoms with van der Waals surface area (Å²) in [5.74, 6) is 1.03. The van der Waals surface area contributed by atoms with Gasteiger partial charge in [0.25, 0.3) is 0 Å². The van der Waals surface area contributed by atoms with Gasteiger partial charge >= 0.3 is 0 Å². The molecule has 0 aromatic carbocycles. The number of hydrogen-bond acceptors (Lipinski definition) is 4. The first kappa shape index (κ1) is 13.3. The lowest BCUT2D eigenvalue weighted by Crippen LogP contribution is -2.32.